The Bertz CT molecular complexity index is 465. The second-order valence-electron chi connectivity index (χ2n) is 3.51. The van der Waals surface area contributed by atoms with Gasteiger partial charge in [-0.3, -0.25) is 4.79 Å². The van der Waals surface area contributed by atoms with E-state index in [-0.39, 0.29) is 20.1 Å². The molecule has 0 unspecified atom stereocenters. The average Bonchev–Trinajstić information content (AvgIpc) is 2.30. The largest absolute Gasteiger partial charge is 0.481 e. The van der Waals surface area contributed by atoms with Gasteiger partial charge in [-0.05, 0) is 11.8 Å². The van der Waals surface area contributed by atoms with Gasteiger partial charge in [0.15, 0.2) is 0 Å². The number of carboxylic acids is 1. The van der Waals surface area contributed by atoms with Crippen molar-refractivity contribution in [1.29, 1.82) is 0 Å². The van der Waals surface area contributed by atoms with Crippen LogP contribution in [0.4, 0.5) is 0 Å². The zero-order valence-corrected chi connectivity index (χ0v) is 12.6. The van der Waals surface area contributed by atoms with E-state index < -0.39 is 5.97 Å². The van der Waals surface area contributed by atoms with E-state index in [1.807, 2.05) is 30.3 Å². The molecule has 18 heavy (non-hydrogen) atoms. The molecule has 0 atom stereocenters. The molecule has 0 amide bonds. The van der Waals surface area contributed by atoms with Gasteiger partial charge < -0.3 is 10.1 Å². The Morgan fingerprint density at radius 2 is 1.94 bits per heavy atom. The normalized spacial score (nSPS) is 8.56. The minimum absolute atomic E-state index is 0. The first-order valence-corrected chi connectivity index (χ1v) is 5.19. The van der Waals surface area contributed by atoms with Crippen molar-refractivity contribution in [3.05, 3.63) is 54.2 Å². The van der Waals surface area contributed by atoms with Crippen LogP contribution in [0.25, 0.3) is 11.3 Å². The first-order valence-electron chi connectivity index (χ1n) is 5.19. The molecular formula is C14H14IrNO2-. The third-order valence-electron chi connectivity index (χ3n) is 1.91. The summed E-state index contributed by atoms with van der Waals surface area (Å²) in [7, 11) is 0. The number of aromatic nitrogens is 1. The molecule has 0 bridgehead atoms. The Morgan fingerprint density at radius 1 is 1.28 bits per heavy atom. The monoisotopic (exact) mass is 421 g/mol. The molecule has 0 spiro atoms. The molecule has 0 saturated heterocycles. The summed E-state index contributed by atoms with van der Waals surface area (Å²) in [6.45, 7) is 3.14. The molecule has 0 aliphatic rings. The predicted molar refractivity (Wildman–Crippen MR) is 66.6 cm³/mol. The SMILES string of the molecule is CC(=O)O.Cc1c[c-]c(-c2ccccn2)cc1.[Ir]. The summed E-state index contributed by atoms with van der Waals surface area (Å²) in [5.41, 5.74) is 3.24. The number of benzene rings is 1. The van der Waals surface area contributed by atoms with Gasteiger partial charge >= 0.3 is 0 Å². The summed E-state index contributed by atoms with van der Waals surface area (Å²) in [6.07, 6.45) is 1.79. The van der Waals surface area contributed by atoms with E-state index >= 15 is 0 Å². The van der Waals surface area contributed by atoms with Crippen LogP contribution in [0.1, 0.15) is 12.5 Å². The van der Waals surface area contributed by atoms with E-state index in [1.54, 1.807) is 6.20 Å². The Balaban J connectivity index is 0.000000512. The predicted octanol–water partition coefficient (Wildman–Crippen LogP) is 2.95. The number of carbonyl (C=O) groups is 1. The maximum Gasteiger partial charge on any atom is 0.300 e. The van der Waals surface area contributed by atoms with Crippen LogP contribution in [0, 0.1) is 13.0 Å². The Hall–Kier alpha value is -1.51. The maximum atomic E-state index is 9.00. The van der Waals surface area contributed by atoms with E-state index in [9.17, 15) is 0 Å². The van der Waals surface area contributed by atoms with Gasteiger partial charge in [-0.1, -0.05) is 19.1 Å². The Morgan fingerprint density at radius 3 is 2.39 bits per heavy atom. The van der Waals surface area contributed by atoms with Crippen molar-refractivity contribution in [2.75, 3.05) is 0 Å². The van der Waals surface area contributed by atoms with Crippen molar-refractivity contribution in [3.8, 4) is 11.3 Å². The molecule has 1 radical (unpaired) electrons. The molecule has 0 aliphatic heterocycles. The third-order valence-corrected chi connectivity index (χ3v) is 1.91. The molecule has 3 nitrogen and oxygen atoms in total. The van der Waals surface area contributed by atoms with Crippen molar-refractivity contribution in [3.63, 3.8) is 0 Å². The summed E-state index contributed by atoms with van der Waals surface area (Å²) in [4.78, 5) is 13.2. The van der Waals surface area contributed by atoms with Crippen LogP contribution >= 0.6 is 0 Å². The van der Waals surface area contributed by atoms with Gasteiger partial charge in [-0.15, -0.1) is 35.4 Å². The van der Waals surface area contributed by atoms with Crippen LogP contribution in [0.5, 0.6) is 0 Å². The van der Waals surface area contributed by atoms with Crippen molar-refractivity contribution < 1.29 is 30.0 Å². The van der Waals surface area contributed by atoms with E-state index in [0.29, 0.717) is 0 Å². The number of hydrogen-bond donors (Lipinski definition) is 1. The molecule has 4 heteroatoms. The molecule has 1 heterocycles. The molecule has 1 N–H and O–H groups in total. The minimum atomic E-state index is -0.833. The number of hydrogen-bond acceptors (Lipinski definition) is 2. The fourth-order valence-corrected chi connectivity index (χ4v) is 1.18. The first kappa shape index (κ1) is 16.5. The van der Waals surface area contributed by atoms with Crippen molar-refractivity contribution >= 4 is 5.97 Å². The molecule has 1 aromatic heterocycles. The van der Waals surface area contributed by atoms with Gasteiger partial charge in [-0.2, -0.15) is 0 Å². The zero-order valence-electron chi connectivity index (χ0n) is 10.2. The van der Waals surface area contributed by atoms with Crippen LogP contribution in [-0.2, 0) is 24.9 Å². The van der Waals surface area contributed by atoms with Gasteiger partial charge in [0.2, 0.25) is 0 Å². The van der Waals surface area contributed by atoms with Gasteiger partial charge in [0, 0.05) is 33.2 Å². The zero-order chi connectivity index (χ0) is 12.7. The first-order chi connectivity index (χ1) is 8.09. The van der Waals surface area contributed by atoms with E-state index in [2.05, 4.69) is 24.0 Å². The molecule has 0 fully saturated rings. The van der Waals surface area contributed by atoms with Gasteiger partial charge in [-0.25, -0.2) is 0 Å². The van der Waals surface area contributed by atoms with Crippen LogP contribution in [-0.4, -0.2) is 16.1 Å². The number of rotatable bonds is 1. The average molecular weight is 420 g/mol. The second kappa shape index (κ2) is 8.56. The maximum absolute atomic E-state index is 9.00. The Kier molecular flexibility index (Phi) is 7.84. The van der Waals surface area contributed by atoms with Gasteiger partial charge in [0.05, 0.1) is 0 Å². The molecular weight excluding hydrogens is 406 g/mol. The van der Waals surface area contributed by atoms with Gasteiger partial charge in [0.25, 0.3) is 5.97 Å². The number of pyridine rings is 1. The molecule has 0 aliphatic carbocycles. The van der Waals surface area contributed by atoms with Crippen molar-refractivity contribution in [1.82, 2.24) is 4.98 Å². The summed E-state index contributed by atoms with van der Waals surface area (Å²) < 4.78 is 0. The molecule has 1 aromatic carbocycles. The third kappa shape index (κ3) is 6.28. The van der Waals surface area contributed by atoms with Crippen molar-refractivity contribution in [2.24, 2.45) is 0 Å². The molecule has 0 saturated carbocycles. The van der Waals surface area contributed by atoms with E-state index in [4.69, 9.17) is 9.90 Å². The number of aryl methyl sites for hydroxylation is 1. The standard InChI is InChI=1S/C12H10N.C2H4O2.Ir/c1-10-5-7-11(8-6-10)12-4-2-3-9-13-12;1-2(3)4;/h2-7,9H,1H3;1H3,(H,3,4);/q-1;;. The van der Waals surface area contributed by atoms with Crippen LogP contribution in [0.3, 0.4) is 0 Å². The fraction of sp³-hybridized carbons (Fsp3) is 0.143. The summed E-state index contributed by atoms with van der Waals surface area (Å²) >= 11 is 0. The quantitative estimate of drug-likeness (QED) is 0.722. The summed E-state index contributed by atoms with van der Waals surface area (Å²) in [6, 6.07) is 15.2. The van der Waals surface area contributed by atoms with E-state index in [1.165, 1.54) is 5.56 Å². The number of nitrogens with zero attached hydrogens (tertiary/aromatic N) is 1. The fourth-order valence-electron chi connectivity index (χ4n) is 1.18. The molecule has 2 rings (SSSR count). The van der Waals surface area contributed by atoms with Gasteiger partial charge in [0.1, 0.15) is 0 Å². The second-order valence-corrected chi connectivity index (χ2v) is 3.51. The van der Waals surface area contributed by atoms with Crippen LogP contribution in [0.15, 0.2) is 42.6 Å². The summed E-state index contributed by atoms with van der Waals surface area (Å²) in [5.74, 6) is -0.833. The molecule has 97 valence electrons. The van der Waals surface area contributed by atoms with Crippen LogP contribution in [0.2, 0.25) is 0 Å². The Labute approximate surface area is 120 Å². The topological polar surface area (TPSA) is 50.2 Å². The van der Waals surface area contributed by atoms with Crippen LogP contribution < -0.4 is 0 Å². The van der Waals surface area contributed by atoms with Crippen molar-refractivity contribution in [2.45, 2.75) is 13.8 Å². The number of carboxylic acid groups (broad SMARTS) is 1. The number of aliphatic carboxylic acids is 1. The summed E-state index contributed by atoms with van der Waals surface area (Å²) in [5, 5.41) is 7.42. The molecule has 2 aromatic rings. The minimum Gasteiger partial charge on any atom is -0.481 e. The smallest absolute Gasteiger partial charge is 0.300 e. The van der Waals surface area contributed by atoms with E-state index in [0.717, 1.165) is 18.2 Å².